The lowest BCUT2D eigenvalue weighted by Crippen LogP contribution is -2.34. The lowest BCUT2D eigenvalue weighted by Gasteiger charge is -2.12. The van der Waals surface area contributed by atoms with Crippen molar-refractivity contribution in [3.8, 4) is 6.07 Å². The zero-order valence-corrected chi connectivity index (χ0v) is 19.6. The summed E-state index contributed by atoms with van der Waals surface area (Å²) in [6, 6.07) is 8.84. The van der Waals surface area contributed by atoms with Crippen molar-refractivity contribution in [1.82, 2.24) is 20.1 Å². The van der Waals surface area contributed by atoms with Crippen LogP contribution in [-0.2, 0) is 20.9 Å². The molecule has 3 rings (SSSR count). The van der Waals surface area contributed by atoms with Crippen LogP contribution in [0.25, 0.3) is 11.8 Å². The highest BCUT2D eigenvalue weighted by atomic mass is 32.1. The van der Waals surface area contributed by atoms with Crippen molar-refractivity contribution in [2.75, 3.05) is 36.9 Å². The maximum Gasteiger partial charge on any atom is 0.270 e. The van der Waals surface area contributed by atoms with Gasteiger partial charge in [0.05, 0.1) is 19.8 Å². The molecule has 12 heteroatoms. The van der Waals surface area contributed by atoms with Gasteiger partial charge in [-0.15, -0.1) is 11.3 Å². The lowest BCUT2D eigenvalue weighted by molar-refractivity contribution is -0.119. The largest absolute Gasteiger partial charge is 0.360 e. The number of thiazole rings is 1. The van der Waals surface area contributed by atoms with E-state index < -0.39 is 5.91 Å². The fourth-order valence-electron chi connectivity index (χ4n) is 3.30. The molecule has 2 heterocycles. The number of anilines is 2. The first kappa shape index (κ1) is 24.7. The first-order chi connectivity index (χ1) is 16.4. The van der Waals surface area contributed by atoms with E-state index in [1.807, 2.05) is 6.07 Å². The van der Waals surface area contributed by atoms with E-state index in [1.165, 1.54) is 10.8 Å². The summed E-state index contributed by atoms with van der Waals surface area (Å²) in [5, 5.41) is 20.5. The minimum atomic E-state index is -0.523. The number of carbonyl (C=O) groups excluding carboxylic acids is 3. The molecule has 4 N–H and O–H groups in total. The molecule has 0 atom stereocenters. The first-order valence-corrected chi connectivity index (χ1v) is 11.5. The minimum absolute atomic E-state index is 0.0837. The third-order valence-corrected chi connectivity index (χ3v) is 5.99. The van der Waals surface area contributed by atoms with Crippen LogP contribution in [0.5, 0.6) is 0 Å². The van der Waals surface area contributed by atoms with E-state index in [0.717, 1.165) is 11.3 Å². The molecule has 1 fully saturated rings. The molecule has 0 aliphatic carbocycles. The Balaban J connectivity index is 1.81. The van der Waals surface area contributed by atoms with Gasteiger partial charge in [-0.1, -0.05) is 6.07 Å². The van der Waals surface area contributed by atoms with Crippen LogP contribution in [-0.4, -0.2) is 53.5 Å². The third kappa shape index (κ3) is 5.89. The molecule has 0 bridgehead atoms. The van der Waals surface area contributed by atoms with E-state index in [4.69, 9.17) is 0 Å². The van der Waals surface area contributed by atoms with Gasteiger partial charge in [0.1, 0.15) is 15.3 Å². The Morgan fingerprint density at radius 3 is 2.68 bits per heavy atom. The van der Waals surface area contributed by atoms with E-state index in [0.29, 0.717) is 40.3 Å². The quantitative estimate of drug-likeness (QED) is 0.373. The third-order valence-electron chi connectivity index (χ3n) is 4.86. The van der Waals surface area contributed by atoms with Gasteiger partial charge in [0.15, 0.2) is 5.57 Å². The summed E-state index contributed by atoms with van der Waals surface area (Å²) >= 11 is 1.05. The maximum absolute atomic E-state index is 12.8. The number of hydrogen-bond donors (Lipinski definition) is 4. The average Bonchev–Trinajstić information content (AvgIpc) is 3.35. The van der Waals surface area contributed by atoms with Gasteiger partial charge < -0.3 is 21.3 Å². The van der Waals surface area contributed by atoms with Crippen LogP contribution in [0, 0.1) is 11.3 Å². The Morgan fingerprint density at radius 2 is 2.03 bits per heavy atom. The maximum atomic E-state index is 12.8. The van der Waals surface area contributed by atoms with Gasteiger partial charge in [0.2, 0.25) is 11.8 Å². The SMILES string of the molecule is CCNC(=O)/C(C#N)=c1\s/c(=C/Nc2cccc(NC(=O)CN3CNC(=O)C3)c2)c(=O)n1CC. The Morgan fingerprint density at radius 1 is 1.26 bits per heavy atom. The summed E-state index contributed by atoms with van der Waals surface area (Å²) in [6.07, 6.45) is 1.51. The first-order valence-electron chi connectivity index (χ1n) is 10.6. The number of hydrogen-bond acceptors (Lipinski definition) is 8. The van der Waals surface area contributed by atoms with Crippen molar-refractivity contribution in [3.05, 3.63) is 43.8 Å². The second-order valence-corrected chi connectivity index (χ2v) is 8.36. The number of nitriles is 1. The molecule has 11 nitrogen and oxygen atoms in total. The van der Waals surface area contributed by atoms with Crippen molar-refractivity contribution in [2.45, 2.75) is 20.4 Å². The molecule has 34 heavy (non-hydrogen) atoms. The Labute approximate surface area is 199 Å². The van der Waals surface area contributed by atoms with Gasteiger partial charge in [-0.05, 0) is 32.0 Å². The number of nitrogens with one attached hydrogen (secondary N) is 4. The molecule has 3 amide bonds. The van der Waals surface area contributed by atoms with Gasteiger partial charge in [-0.3, -0.25) is 28.6 Å². The molecule has 0 saturated carbocycles. The highest BCUT2D eigenvalue weighted by molar-refractivity contribution is 7.07. The van der Waals surface area contributed by atoms with Crippen molar-refractivity contribution < 1.29 is 14.4 Å². The van der Waals surface area contributed by atoms with Crippen LogP contribution in [0.3, 0.4) is 0 Å². The van der Waals surface area contributed by atoms with E-state index in [2.05, 4.69) is 21.3 Å². The minimum Gasteiger partial charge on any atom is -0.360 e. The summed E-state index contributed by atoms with van der Waals surface area (Å²) in [5.74, 6) is -0.888. The molecule has 178 valence electrons. The zero-order valence-electron chi connectivity index (χ0n) is 18.8. The molecule has 0 spiro atoms. The van der Waals surface area contributed by atoms with Gasteiger partial charge in [0.25, 0.3) is 11.5 Å². The summed E-state index contributed by atoms with van der Waals surface area (Å²) in [7, 11) is 0. The summed E-state index contributed by atoms with van der Waals surface area (Å²) in [6.45, 7) is 4.80. The van der Waals surface area contributed by atoms with Crippen molar-refractivity contribution in [2.24, 2.45) is 0 Å². The van der Waals surface area contributed by atoms with Crippen LogP contribution in [0.1, 0.15) is 13.8 Å². The van der Waals surface area contributed by atoms with Crippen molar-refractivity contribution in [1.29, 1.82) is 5.26 Å². The van der Waals surface area contributed by atoms with Crippen LogP contribution in [0.15, 0.2) is 29.1 Å². The predicted octanol–water partition coefficient (Wildman–Crippen LogP) is -1.08. The van der Waals surface area contributed by atoms with Gasteiger partial charge in [0, 0.05) is 30.7 Å². The zero-order chi connectivity index (χ0) is 24.7. The smallest absolute Gasteiger partial charge is 0.270 e. The number of amides is 3. The monoisotopic (exact) mass is 483 g/mol. The number of carbonyl (C=O) groups is 3. The lowest BCUT2D eigenvalue weighted by atomic mass is 10.2. The Kier molecular flexibility index (Phi) is 8.18. The van der Waals surface area contributed by atoms with Crippen LogP contribution in [0.4, 0.5) is 11.4 Å². The number of nitrogens with zero attached hydrogens (tertiary/aromatic N) is 3. The molecule has 1 saturated heterocycles. The fourth-order valence-corrected chi connectivity index (χ4v) is 4.39. The second-order valence-electron chi connectivity index (χ2n) is 7.33. The normalized spacial score (nSPS) is 14.9. The molecule has 1 aliphatic heterocycles. The molecule has 1 aromatic carbocycles. The van der Waals surface area contributed by atoms with Gasteiger partial charge in [-0.2, -0.15) is 5.26 Å². The molecule has 1 aliphatic rings. The van der Waals surface area contributed by atoms with Crippen LogP contribution < -0.4 is 36.0 Å². The summed E-state index contributed by atoms with van der Waals surface area (Å²) < 4.78 is 2.01. The van der Waals surface area contributed by atoms with E-state index in [-0.39, 0.29) is 36.0 Å². The van der Waals surface area contributed by atoms with E-state index in [1.54, 1.807) is 43.0 Å². The van der Waals surface area contributed by atoms with Gasteiger partial charge in [-0.25, -0.2) is 0 Å². The topological polar surface area (TPSA) is 148 Å². The summed E-state index contributed by atoms with van der Waals surface area (Å²) in [4.78, 5) is 50.2. The fraction of sp³-hybridized carbons (Fsp3) is 0.318. The summed E-state index contributed by atoms with van der Waals surface area (Å²) in [5.41, 5.74) is 0.757. The van der Waals surface area contributed by atoms with Crippen molar-refractivity contribution in [3.63, 3.8) is 0 Å². The molecular formula is C22H25N7O4S. The molecule has 0 unspecified atom stereocenters. The molecule has 2 aromatic rings. The predicted molar refractivity (Wildman–Crippen MR) is 129 cm³/mol. The highest BCUT2D eigenvalue weighted by Gasteiger charge is 2.20. The van der Waals surface area contributed by atoms with Crippen LogP contribution in [0.2, 0.25) is 0 Å². The standard InChI is InChI=1S/C22H25N7O4S/c1-3-24-20(32)16(9-23)22-29(4-2)21(33)17(34-22)10-25-14-6-5-7-15(8-14)27-19(31)12-28-11-18(30)26-13-28/h5-8,10,25H,3-4,11-13H2,1-2H3,(H,24,32)(H,26,30)(H,27,31)/b17-10+,22-16-. The average molecular weight is 484 g/mol. The molecule has 0 radical (unpaired) electrons. The van der Waals surface area contributed by atoms with Gasteiger partial charge >= 0.3 is 0 Å². The number of aromatic nitrogens is 1. The second kappa shape index (κ2) is 11.3. The highest BCUT2D eigenvalue weighted by Crippen LogP contribution is 2.15. The van der Waals surface area contributed by atoms with E-state index >= 15 is 0 Å². The number of rotatable bonds is 8. The molecular weight excluding hydrogens is 458 g/mol. The Bertz CT molecular complexity index is 1320. The number of benzene rings is 1. The Hall–Kier alpha value is -3.95. The molecule has 1 aromatic heterocycles. The van der Waals surface area contributed by atoms with Crippen molar-refractivity contribution >= 4 is 52.2 Å². The van der Waals surface area contributed by atoms with E-state index in [9.17, 15) is 24.4 Å². The van der Waals surface area contributed by atoms with Crippen LogP contribution >= 0.6 is 11.3 Å².